The maximum atomic E-state index is 13.0. The van der Waals surface area contributed by atoms with Crippen molar-refractivity contribution in [3.8, 4) is 0 Å². The van der Waals surface area contributed by atoms with E-state index in [9.17, 15) is 17.6 Å². The quantitative estimate of drug-likeness (QED) is 0.627. The first-order valence-corrected chi connectivity index (χ1v) is 10.5. The predicted octanol–water partition coefficient (Wildman–Crippen LogP) is 3.15. The Morgan fingerprint density at radius 2 is 1.85 bits per heavy atom. The van der Waals surface area contributed by atoms with Gasteiger partial charge >= 0.3 is 0 Å². The van der Waals surface area contributed by atoms with Crippen molar-refractivity contribution in [3.63, 3.8) is 0 Å². The van der Waals surface area contributed by atoms with Crippen LogP contribution in [0.25, 0.3) is 10.2 Å². The number of aromatic nitrogens is 1. The first kappa shape index (κ1) is 18.5. The minimum Gasteiger partial charge on any atom is -0.316 e. The van der Waals surface area contributed by atoms with Crippen LogP contribution in [0, 0.1) is 5.82 Å². The van der Waals surface area contributed by atoms with E-state index in [2.05, 4.69) is 4.99 Å². The van der Waals surface area contributed by atoms with Crippen LogP contribution in [0.5, 0.6) is 0 Å². The number of sulfone groups is 1. The molecule has 2 aromatic carbocycles. The molecule has 3 aromatic rings. The second-order valence-corrected chi connectivity index (χ2v) is 8.72. The topological polar surface area (TPSA) is 68.5 Å². The number of carbonyl (C=O) groups is 1. The Hall–Kier alpha value is -2.32. The normalized spacial score (nSPS) is 12.6. The average Bonchev–Trinajstić information content (AvgIpc) is 2.92. The SMILES string of the molecule is CCCn1c(=NC(=O)CS(=O)(=O)c2ccc(F)cc2)sc2ccccc21. The van der Waals surface area contributed by atoms with Gasteiger partial charge in [-0.2, -0.15) is 4.99 Å². The highest BCUT2D eigenvalue weighted by Crippen LogP contribution is 2.17. The molecule has 1 heterocycles. The Morgan fingerprint density at radius 1 is 1.15 bits per heavy atom. The lowest BCUT2D eigenvalue weighted by atomic mass is 10.3. The molecule has 1 aromatic heterocycles. The number of halogens is 1. The molecule has 0 radical (unpaired) electrons. The van der Waals surface area contributed by atoms with E-state index in [0.29, 0.717) is 11.3 Å². The first-order chi connectivity index (χ1) is 12.4. The third-order valence-corrected chi connectivity index (χ3v) is 6.42. The smallest absolute Gasteiger partial charge is 0.263 e. The summed E-state index contributed by atoms with van der Waals surface area (Å²) in [4.78, 5) is 16.7. The summed E-state index contributed by atoms with van der Waals surface area (Å²) in [6, 6.07) is 12.1. The van der Waals surface area contributed by atoms with Gasteiger partial charge in [0.2, 0.25) is 0 Å². The van der Waals surface area contributed by atoms with Gasteiger partial charge in [0.1, 0.15) is 11.6 Å². The van der Waals surface area contributed by atoms with E-state index >= 15 is 0 Å². The second-order valence-electron chi connectivity index (χ2n) is 5.72. The first-order valence-electron chi connectivity index (χ1n) is 8.05. The van der Waals surface area contributed by atoms with Crippen LogP contribution in [0.4, 0.5) is 4.39 Å². The van der Waals surface area contributed by atoms with E-state index in [1.807, 2.05) is 35.8 Å². The number of para-hydroxylation sites is 1. The molecule has 0 spiro atoms. The molecule has 0 unspecified atom stereocenters. The lowest BCUT2D eigenvalue weighted by molar-refractivity contribution is -0.115. The van der Waals surface area contributed by atoms with E-state index in [0.717, 1.165) is 40.9 Å². The molecule has 1 amide bonds. The van der Waals surface area contributed by atoms with Crippen LogP contribution in [-0.4, -0.2) is 24.6 Å². The van der Waals surface area contributed by atoms with E-state index in [-0.39, 0.29) is 4.90 Å². The van der Waals surface area contributed by atoms with Crippen LogP contribution < -0.4 is 4.80 Å². The molecular formula is C18H17FN2O3S2. The van der Waals surface area contributed by atoms with Crippen molar-refractivity contribution in [2.24, 2.45) is 4.99 Å². The molecule has 136 valence electrons. The minimum absolute atomic E-state index is 0.0970. The predicted molar refractivity (Wildman–Crippen MR) is 99.1 cm³/mol. The van der Waals surface area contributed by atoms with Gasteiger partial charge in [-0.1, -0.05) is 30.4 Å². The molecule has 0 atom stereocenters. The van der Waals surface area contributed by atoms with Crippen molar-refractivity contribution in [1.29, 1.82) is 0 Å². The number of rotatable bonds is 5. The molecule has 0 N–H and O–H groups in total. The standard InChI is InChI=1S/C18H17FN2O3S2/c1-2-11-21-15-5-3-4-6-16(15)25-18(21)20-17(22)12-26(23,24)14-9-7-13(19)8-10-14/h3-10H,2,11-12H2,1H3. The number of fused-ring (bicyclic) bond motifs is 1. The Balaban J connectivity index is 1.95. The van der Waals surface area contributed by atoms with Gasteiger partial charge in [0.15, 0.2) is 14.6 Å². The Bertz CT molecular complexity index is 1110. The summed E-state index contributed by atoms with van der Waals surface area (Å²) in [6.07, 6.45) is 0.857. The number of carbonyl (C=O) groups excluding carboxylic acids is 1. The van der Waals surface area contributed by atoms with Crippen molar-refractivity contribution < 1.29 is 17.6 Å². The zero-order chi connectivity index (χ0) is 18.7. The van der Waals surface area contributed by atoms with Gasteiger partial charge in [-0.25, -0.2) is 12.8 Å². The molecule has 0 saturated carbocycles. The summed E-state index contributed by atoms with van der Waals surface area (Å²) in [5, 5.41) is 0. The number of hydrogen-bond donors (Lipinski definition) is 0. The Morgan fingerprint density at radius 3 is 2.54 bits per heavy atom. The summed E-state index contributed by atoms with van der Waals surface area (Å²) >= 11 is 1.35. The minimum atomic E-state index is -3.87. The molecule has 5 nitrogen and oxygen atoms in total. The van der Waals surface area contributed by atoms with Gasteiger partial charge in [0, 0.05) is 6.54 Å². The summed E-state index contributed by atoms with van der Waals surface area (Å²) in [5.41, 5.74) is 0.965. The third-order valence-electron chi connectivity index (χ3n) is 3.74. The maximum Gasteiger partial charge on any atom is 0.263 e. The molecule has 3 rings (SSSR count). The number of benzene rings is 2. The summed E-state index contributed by atoms with van der Waals surface area (Å²) in [5.74, 6) is -2.03. The van der Waals surface area contributed by atoms with Crippen molar-refractivity contribution in [2.75, 3.05) is 5.75 Å². The Kier molecular flexibility index (Phi) is 5.33. The fraction of sp³-hybridized carbons (Fsp3) is 0.222. The molecule has 0 saturated heterocycles. The van der Waals surface area contributed by atoms with Gasteiger partial charge in [-0.05, 0) is 42.8 Å². The van der Waals surface area contributed by atoms with Gasteiger partial charge < -0.3 is 4.57 Å². The van der Waals surface area contributed by atoms with Crippen LogP contribution >= 0.6 is 11.3 Å². The van der Waals surface area contributed by atoms with Crippen molar-refractivity contribution in [1.82, 2.24) is 4.57 Å². The van der Waals surface area contributed by atoms with Crippen LogP contribution in [0.2, 0.25) is 0 Å². The van der Waals surface area contributed by atoms with Crippen LogP contribution in [0.15, 0.2) is 58.4 Å². The van der Waals surface area contributed by atoms with Gasteiger partial charge in [-0.15, -0.1) is 0 Å². The van der Waals surface area contributed by atoms with E-state index in [1.54, 1.807) is 0 Å². The number of hydrogen-bond acceptors (Lipinski definition) is 4. The average molecular weight is 392 g/mol. The molecule has 0 aliphatic rings. The van der Waals surface area contributed by atoms with Crippen molar-refractivity contribution >= 4 is 37.3 Å². The van der Waals surface area contributed by atoms with Gasteiger partial charge in [0.05, 0.1) is 15.1 Å². The van der Waals surface area contributed by atoms with Gasteiger partial charge in [0.25, 0.3) is 5.91 Å². The highest BCUT2D eigenvalue weighted by atomic mass is 32.2. The molecule has 0 aliphatic heterocycles. The van der Waals surface area contributed by atoms with Crippen LogP contribution in [-0.2, 0) is 21.2 Å². The molecule has 0 aliphatic carbocycles. The lowest BCUT2D eigenvalue weighted by Gasteiger charge is -2.03. The summed E-state index contributed by atoms with van der Waals surface area (Å²) in [7, 11) is -3.87. The van der Waals surface area contributed by atoms with E-state index in [1.165, 1.54) is 11.3 Å². The molecule has 0 fully saturated rings. The highest BCUT2D eigenvalue weighted by molar-refractivity contribution is 7.92. The van der Waals surface area contributed by atoms with E-state index in [4.69, 9.17) is 0 Å². The molecular weight excluding hydrogens is 375 g/mol. The third kappa shape index (κ3) is 3.91. The Labute approximate surface area is 154 Å². The summed E-state index contributed by atoms with van der Waals surface area (Å²) < 4.78 is 40.5. The van der Waals surface area contributed by atoms with Crippen LogP contribution in [0.1, 0.15) is 13.3 Å². The van der Waals surface area contributed by atoms with E-state index < -0.39 is 27.3 Å². The zero-order valence-electron chi connectivity index (χ0n) is 14.1. The molecule has 8 heteroatoms. The largest absolute Gasteiger partial charge is 0.316 e. The number of thiazole rings is 1. The highest BCUT2D eigenvalue weighted by Gasteiger charge is 2.19. The fourth-order valence-corrected chi connectivity index (χ4v) is 4.75. The number of nitrogens with zero attached hydrogens (tertiary/aromatic N) is 2. The van der Waals surface area contributed by atoms with Crippen LogP contribution in [0.3, 0.4) is 0 Å². The lowest BCUT2D eigenvalue weighted by Crippen LogP contribution is -2.21. The molecule has 26 heavy (non-hydrogen) atoms. The van der Waals surface area contributed by atoms with Crippen molar-refractivity contribution in [3.05, 3.63) is 59.1 Å². The zero-order valence-corrected chi connectivity index (χ0v) is 15.7. The van der Waals surface area contributed by atoms with Crippen molar-refractivity contribution in [2.45, 2.75) is 24.8 Å². The summed E-state index contributed by atoms with van der Waals surface area (Å²) in [6.45, 7) is 2.70. The maximum absolute atomic E-state index is 13.0. The number of aryl methyl sites for hydroxylation is 1. The molecule has 0 bridgehead atoms. The fourth-order valence-electron chi connectivity index (χ4n) is 2.57. The number of amides is 1. The van der Waals surface area contributed by atoms with Gasteiger partial charge in [-0.3, -0.25) is 4.79 Å². The second kappa shape index (κ2) is 7.51. The monoisotopic (exact) mass is 392 g/mol.